The molecular weight excluding hydrogens is 274 g/mol. The summed E-state index contributed by atoms with van der Waals surface area (Å²) in [6.07, 6.45) is 0. The van der Waals surface area contributed by atoms with Gasteiger partial charge in [0.25, 0.3) is 0 Å². The van der Waals surface area contributed by atoms with Gasteiger partial charge in [-0.15, -0.1) is 0 Å². The lowest BCUT2D eigenvalue weighted by Crippen LogP contribution is -2.18. The number of carbonyl (C=O) groups is 1. The van der Waals surface area contributed by atoms with E-state index in [2.05, 4.69) is 18.2 Å². The summed E-state index contributed by atoms with van der Waals surface area (Å²) in [4.78, 5) is 13.1. The van der Waals surface area contributed by atoms with Crippen molar-refractivity contribution in [3.63, 3.8) is 0 Å². The Hall–Kier alpha value is -1.20. The lowest BCUT2D eigenvalue weighted by Gasteiger charge is -2.17. The van der Waals surface area contributed by atoms with E-state index in [1.165, 1.54) is 5.56 Å². The van der Waals surface area contributed by atoms with Crippen LogP contribution in [0.15, 0.2) is 17.0 Å². The highest BCUT2D eigenvalue weighted by Crippen LogP contribution is 2.40. The number of rotatable bonds is 5. The number of carbonyl (C=O) groups excluding carboxylic acids is 1. The summed E-state index contributed by atoms with van der Waals surface area (Å²) in [5.41, 5.74) is 1.73. The number of ether oxygens (including phenoxy) is 2. The third-order valence-electron chi connectivity index (χ3n) is 3.08. The van der Waals surface area contributed by atoms with E-state index in [1.54, 1.807) is 18.9 Å². The van der Waals surface area contributed by atoms with Gasteiger partial charge in [-0.05, 0) is 57.3 Å². The van der Waals surface area contributed by atoms with Crippen molar-refractivity contribution in [3.05, 3.63) is 23.3 Å². The van der Waals surface area contributed by atoms with Gasteiger partial charge < -0.3 is 9.47 Å². The topological polar surface area (TPSA) is 38.8 Å². The van der Waals surface area contributed by atoms with E-state index in [0.29, 0.717) is 30.6 Å². The van der Waals surface area contributed by atoms with Crippen molar-refractivity contribution in [1.82, 2.24) is 4.31 Å². The monoisotopic (exact) mass is 295 g/mol. The maximum absolute atomic E-state index is 12.0. The zero-order valence-electron chi connectivity index (χ0n) is 12.4. The molecule has 0 saturated heterocycles. The number of fused-ring (bicyclic) bond motifs is 1. The van der Waals surface area contributed by atoms with Gasteiger partial charge in [0, 0.05) is 17.5 Å². The fourth-order valence-electron chi connectivity index (χ4n) is 2.07. The zero-order chi connectivity index (χ0) is 14.7. The SMILES string of the molecule is CCOC(=O)c1cc2c(cc1OCC)CN(C(C)C)S2. The summed E-state index contributed by atoms with van der Waals surface area (Å²) in [7, 11) is 0. The summed E-state index contributed by atoms with van der Waals surface area (Å²) in [5.74, 6) is 0.304. The van der Waals surface area contributed by atoms with E-state index in [1.807, 2.05) is 19.1 Å². The number of hydrogen-bond acceptors (Lipinski definition) is 5. The van der Waals surface area contributed by atoms with E-state index in [9.17, 15) is 4.79 Å². The fraction of sp³-hybridized carbons (Fsp3) is 0.533. The van der Waals surface area contributed by atoms with Crippen molar-refractivity contribution >= 4 is 17.9 Å². The number of benzene rings is 1. The van der Waals surface area contributed by atoms with Crippen LogP contribution < -0.4 is 4.74 Å². The van der Waals surface area contributed by atoms with E-state index >= 15 is 0 Å². The van der Waals surface area contributed by atoms with E-state index < -0.39 is 0 Å². The van der Waals surface area contributed by atoms with E-state index in [4.69, 9.17) is 9.47 Å². The second-order valence-corrected chi connectivity index (χ2v) is 5.96. The quantitative estimate of drug-likeness (QED) is 0.614. The average Bonchev–Trinajstić information content (AvgIpc) is 2.81. The van der Waals surface area contributed by atoms with Crippen LogP contribution in [0.25, 0.3) is 0 Å². The summed E-state index contributed by atoms with van der Waals surface area (Å²) >= 11 is 1.69. The predicted molar refractivity (Wildman–Crippen MR) is 80.1 cm³/mol. The first-order chi connectivity index (χ1) is 9.56. The largest absolute Gasteiger partial charge is 0.493 e. The molecule has 0 aliphatic carbocycles. The van der Waals surface area contributed by atoms with Gasteiger partial charge in [-0.1, -0.05) is 0 Å². The van der Waals surface area contributed by atoms with Crippen molar-refractivity contribution in [2.24, 2.45) is 0 Å². The molecule has 1 aromatic rings. The maximum Gasteiger partial charge on any atom is 0.341 e. The van der Waals surface area contributed by atoms with Crippen molar-refractivity contribution < 1.29 is 14.3 Å². The Morgan fingerprint density at radius 3 is 2.70 bits per heavy atom. The smallest absolute Gasteiger partial charge is 0.341 e. The molecule has 0 fully saturated rings. The van der Waals surface area contributed by atoms with Crippen molar-refractivity contribution in [2.45, 2.75) is 45.2 Å². The molecule has 1 aromatic carbocycles. The molecule has 0 unspecified atom stereocenters. The summed E-state index contributed by atoms with van der Waals surface area (Å²) in [6.45, 7) is 9.82. The van der Waals surface area contributed by atoms with Gasteiger partial charge in [0.1, 0.15) is 11.3 Å². The average molecular weight is 295 g/mol. The van der Waals surface area contributed by atoms with Crippen LogP contribution in [-0.2, 0) is 11.3 Å². The van der Waals surface area contributed by atoms with Crippen LogP contribution >= 0.6 is 11.9 Å². The summed E-state index contributed by atoms with van der Waals surface area (Å²) in [5, 5.41) is 0. The first kappa shape index (κ1) is 15.2. The predicted octanol–water partition coefficient (Wildman–Crippen LogP) is 3.49. The molecule has 1 aliphatic heterocycles. The molecule has 0 N–H and O–H groups in total. The molecule has 0 radical (unpaired) electrons. The standard InChI is InChI=1S/C15H21NO3S/c1-5-18-13-7-11-9-16(10(3)4)20-14(11)8-12(13)15(17)19-6-2/h7-8,10H,5-6,9H2,1-4H3. The van der Waals surface area contributed by atoms with E-state index in [-0.39, 0.29) is 5.97 Å². The third-order valence-corrected chi connectivity index (χ3v) is 4.44. The molecule has 20 heavy (non-hydrogen) atoms. The van der Waals surface area contributed by atoms with Gasteiger partial charge in [0.15, 0.2) is 0 Å². The van der Waals surface area contributed by atoms with Crippen molar-refractivity contribution in [1.29, 1.82) is 0 Å². The Labute approximate surface area is 124 Å². The van der Waals surface area contributed by atoms with Gasteiger partial charge >= 0.3 is 5.97 Å². The Bertz CT molecular complexity index is 502. The van der Waals surface area contributed by atoms with Gasteiger partial charge in [-0.25, -0.2) is 9.10 Å². The minimum Gasteiger partial charge on any atom is -0.493 e. The number of esters is 1. The lowest BCUT2D eigenvalue weighted by atomic mass is 10.1. The van der Waals surface area contributed by atoms with Crippen LogP contribution in [0.1, 0.15) is 43.6 Å². The maximum atomic E-state index is 12.0. The summed E-state index contributed by atoms with van der Waals surface area (Å²) in [6, 6.07) is 4.32. The normalized spacial score (nSPS) is 14.4. The van der Waals surface area contributed by atoms with Crippen molar-refractivity contribution in [3.8, 4) is 5.75 Å². The summed E-state index contributed by atoms with van der Waals surface area (Å²) < 4.78 is 13.0. The Morgan fingerprint density at radius 1 is 1.35 bits per heavy atom. The molecule has 1 heterocycles. The van der Waals surface area contributed by atoms with Gasteiger partial charge in [-0.3, -0.25) is 0 Å². The van der Waals surface area contributed by atoms with Crippen LogP contribution in [0.3, 0.4) is 0 Å². The van der Waals surface area contributed by atoms with Crippen LogP contribution in [0.5, 0.6) is 5.75 Å². The number of nitrogens with zero attached hydrogens (tertiary/aromatic N) is 1. The molecule has 0 amide bonds. The van der Waals surface area contributed by atoms with Gasteiger partial charge in [0.2, 0.25) is 0 Å². The molecule has 2 rings (SSSR count). The zero-order valence-corrected chi connectivity index (χ0v) is 13.3. The minimum atomic E-state index is -0.317. The highest BCUT2D eigenvalue weighted by Gasteiger charge is 2.26. The highest BCUT2D eigenvalue weighted by molar-refractivity contribution is 7.97. The molecule has 0 saturated carbocycles. The Balaban J connectivity index is 2.34. The second-order valence-electron chi connectivity index (χ2n) is 4.87. The van der Waals surface area contributed by atoms with Crippen molar-refractivity contribution in [2.75, 3.05) is 13.2 Å². The van der Waals surface area contributed by atoms with E-state index in [0.717, 1.165) is 11.4 Å². The van der Waals surface area contributed by atoms with Crippen LogP contribution in [0.2, 0.25) is 0 Å². The first-order valence-electron chi connectivity index (χ1n) is 6.98. The van der Waals surface area contributed by atoms with Gasteiger partial charge in [0.05, 0.1) is 13.2 Å². The van der Waals surface area contributed by atoms with Crippen LogP contribution in [0, 0.1) is 0 Å². The molecular formula is C15H21NO3S. The lowest BCUT2D eigenvalue weighted by molar-refractivity contribution is 0.0521. The van der Waals surface area contributed by atoms with Crippen LogP contribution in [-0.4, -0.2) is 29.5 Å². The minimum absolute atomic E-state index is 0.317. The Kier molecular flexibility index (Phi) is 4.94. The Morgan fingerprint density at radius 2 is 2.10 bits per heavy atom. The molecule has 0 spiro atoms. The first-order valence-corrected chi connectivity index (χ1v) is 7.75. The van der Waals surface area contributed by atoms with Crippen LogP contribution in [0.4, 0.5) is 0 Å². The third kappa shape index (κ3) is 3.10. The molecule has 0 aromatic heterocycles. The molecule has 5 heteroatoms. The molecule has 0 atom stereocenters. The fourth-order valence-corrected chi connectivity index (χ4v) is 3.15. The van der Waals surface area contributed by atoms with Gasteiger partial charge in [-0.2, -0.15) is 0 Å². The molecule has 4 nitrogen and oxygen atoms in total. The molecule has 1 aliphatic rings. The second kappa shape index (κ2) is 6.50. The highest BCUT2D eigenvalue weighted by atomic mass is 32.2. The molecule has 110 valence electrons. The molecule has 0 bridgehead atoms. The number of hydrogen-bond donors (Lipinski definition) is 0.